The first-order valence-corrected chi connectivity index (χ1v) is 5.32. The van der Waals surface area contributed by atoms with Gasteiger partial charge in [0, 0.05) is 22.7 Å². The van der Waals surface area contributed by atoms with Crippen LogP contribution < -0.4 is 10.5 Å². The van der Waals surface area contributed by atoms with Gasteiger partial charge in [0.1, 0.15) is 12.0 Å². The molecule has 0 saturated carbocycles. The predicted molar refractivity (Wildman–Crippen MR) is 66.0 cm³/mol. The van der Waals surface area contributed by atoms with Crippen molar-refractivity contribution in [3.8, 4) is 5.75 Å². The average molecular weight is 230 g/mol. The number of carbonyl (C=O) groups excluding carboxylic acids is 1. The van der Waals surface area contributed by atoms with Gasteiger partial charge in [-0.25, -0.2) is 0 Å². The zero-order valence-corrected chi connectivity index (χ0v) is 9.81. The maximum atomic E-state index is 10.8. The highest BCUT2D eigenvalue weighted by Crippen LogP contribution is 2.28. The molecule has 0 bridgehead atoms. The van der Waals surface area contributed by atoms with Crippen LogP contribution in [0.4, 0.5) is 0 Å². The molecule has 88 valence electrons. The Bertz CT molecular complexity index is 567. The largest absolute Gasteiger partial charge is 0.496 e. The van der Waals surface area contributed by atoms with E-state index in [1.807, 2.05) is 25.1 Å². The van der Waals surface area contributed by atoms with Crippen molar-refractivity contribution in [3.63, 3.8) is 0 Å². The number of nitrogens with two attached hydrogens (primary N) is 1. The molecular formula is C13H14N2O2. The number of hydrogen-bond acceptors (Lipinski definition) is 4. The van der Waals surface area contributed by atoms with Crippen molar-refractivity contribution < 1.29 is 9.53 Å². The van der Waals surface area contributed by atoms with Crippen molar-refractivity contribution in [1.29, 1.82) is 0 Å². The van der Waals surface area contributed by atoms with E-state index in [4.69, 9.17) is 10.5 Å². The van der Waals surface area contributed by atoms with Crippen LogP contribution in [0.2, 0.25) is 0 Å². The third kappa shape index (κ3) is 2.12. The van der Waals surface area contributed by atoms with E-state index in [-0.39, 0.29) is 0 Å². The van der Waals surface area contributed by atoms with Gasteiger partial charge in [0.05, 0.1) is 18.7 Å². The van der Waals surface area contributed by atoms with E-state index in [1.54, 1.807) is 13.2 Å². The van der Waals surface area contributed by atoms with Crippen LogP contribution in [0.15, 0.2) is 24.3 Å². The number of ether oxygens (including phenoxy) is 1. The van der Waals surface area contributed by atoms with Crippen LogP contribution in [0, 0.1) is 6.92 Å². The summed E-state index contributed by atoms with van der Waals surface area (Å²) >= 11 is 0. The van der Waals surface area contributed by atoms with Gasteiger partial charge in [-0.05, 0) is 19.1 Å². The molecule has 0 unspecified atom stereocenters. The molecule has 17 heavy (non-hydrogen) atoms. The van der Waals surface area contributed by atoms with Gasteiger partial charge in [-0.3, -0.25) is 4.98 Å². The highest BCUT2D eigenvalue weighted by atomic mass is 16.5. The highest BCUT2D eigenvalue weighted by Gasteiger charge is 2.12. The lowest BCUT2D eigenvalue weighted by Crippen LogP contribution is -2.12. The van der Waals surface area contributed by atoms with Gasteiger partial charge in [0.15, 0.2) is 0 Å². The first-order chi connectivity index (χ1) is 8.15. The van der Waals surface area contributed by atoms with Crippen molar-refractivity contribution in [2.45, 2.75) is 13.0 Å². The second-order valence-electron chi connectivity index (χ2n) is 3.90. The highest BCUT2D eigenvalue weighted by molar-refractivity contribution is 5.83. The molecule has 1 heterocycles. The van der Waals surface area contributed by atoms with E-state index in [0.29, 0.717) is 17.6 Å². The molecule has 0 radical (unpaired) electrons. The molecule has 2 rings (SSSR count). The second-order valence-corrected chi connectivity index (χ2v) is 3.90. The van der Waals surface area contributed by atoms with Crippen LogP contribution in [0.1, 0.15) is 17.3 Å². The van der Waals surface area contributed by atoms with Crippen LogP contribution in [-0.4, -0.2) is 18.4 Å². The Hall–Kier alpha value is -1.94. The number of methoxy groups -OCH3 is 1. The SMILES string of the molecule is COc1cc2nc(C)ccc2cc1[C@H](N)C=O. The Morgan fingerprint density at radius 3 is 2.82 bits per heavy atom. The fraction of sp³-hybridized carbons (Fsp3) is 0.231. The average Bonchev–Trinajstić information content (AvgIpc) is 2.36. The first kappa shape index (κ1) is 11.5. The lowest BCUT2D eigenvalue weighted by atomic mass is 10.0. The van der Waals surface area contributed by atoms with E-state index in [2.05, 4.69) is 4.98 Å². The quantitative estimate of drug-likeness (QED) is 0.816. The zero-order valence-electron chi connectivity index (χ0n) is 9.81. The summed E-state index contributed by atoms with van der Waals surface area (Å²) in [7, 11) is 1.55. The van der Waals surface area contributed by atoms with Crippen molar-refractivity contribution in [3.05, 3.63) is 35.5 Å². The van der Waals surface area contributed by atoms with Crippen LogP contribution in [-0.2, 0) is 4.79 Å². The van der Waals surface area contributed by atoms with Gasteiger partial charge in [0.2, 0.25) is 0 Å². The first-order valence-electron chi connectivity index (χ1n) is 5.32. The number of rotatable bonds is 3. The Morgan fingerprint density at radius 2 is 2.18 bits per heavy atom. The molecule has 0 fully saturated rings. The number of fused-ring (bicyclic) bond motifs is 1. The summed E-state index contributed by atoms with van der Waals surface area (Å²) < 4.78 is 5.24. The van der Waals surface area contributed by atoms with Gasteiger partial charge in [-0.15, -0.1) is 0 Å². The van der Waals surface area contributed by atoms with E-state index in [0.717, 1.165) is 16.6 Å². The molecule has 4 heteroatoms. The Morgan fingerprint density at radius 1 is 1.41 bits per heavy atom. The smallest absolute Gasteiger partial charge is 0.141 e. The van der Waals surface area contributed by atoms with Crippen molar-refractivity contribution in [2.24, 2.45) is 5.73 Å². The van der Waals surface area contributed by atoms with Crippen molar-refractivity contribution >= 4 is 17.2 Å². The number of hydrogen-bond donors (Lipinski definition) is 1. The van der Waals surface area contributed by atoms with E-state index >= 15 is 0 Å². The number of carbonyl (C=O) groups is 1. The molecule has 1 aromatic heterocycles. The molecule has 0 amide bonds. The lowest BCUT2D eigenvalue weighted by molar-refractivity contribution is -0.109. The monoisotopic (exact) mass is 230 g/mol. The maximum absolute atomic E-state index is 10.8. The van der Waals surface area contributed by atoms with Crippen molar-refractivity contribution in [2.75, 3.05) is 7.11 Å². The molecular weight excluding hydrogens is 216 g/mol. The van der Waals surface area contributed by atoms with Gasteiger partial charge in [-0.1, -0.05) is 6.07 Å². The van der Waals surface area contributed by atoms with E-state index in [9.17, 15) is 4.79 Å². The minimum atomic E-state index is -0.671. The van der Waals surface area contributed by atoms with Crippen LogP contribution in [0.3, 0.4) is 0 Å². The van der Waals surface area contributed by atoms with Crippen LogP contribution >= 0.6 is 0 Å². The standard InChI is InChI=1S/C13H14N2O2/c1-8-3-4-9-5-10(11(14)7-16)13(17-2)6-12(9)15-8/h3-7,11H,14H2,1-2H3/t11-/m1/s1. The van der Waals surface area contributed by atoms with Gasteiger partial charge >= 0.3 is 0 Å². The summed E-state index contributed by atoms with van der Waals surface area (Å²) in [5.41, 5.74) is 8.18. The Balaban J connectivity index is 2.68. The van der Waals surface area contributed by atoms with Gasteiger partial charge in [-0.2, -0.15) is 0 Å². The van der Waals surface area contributed by atoms with E-state index in [1.165, 1.54) is 0 Å². The fourth-order valence-electron chi connectivity index (χ4n) is 1.78. The van der Waals surface area contributed by atoms with Gasteiger partial charge < -0.3 is 15.3 Å². The third-order valence-electron chi connectivity index (χ3n) is 2.69. The zero-order chi connectivity index (χ0) is 12.4. The molecule has 1 atom stereocenters. The molecule has 4 nitrogen and oxygen atoms in total. The van der Waals surface area contributed by atoms with Crippen LogP contribution in [0.5, 0.6) is 5.75 Å². The van der Waals surface area contributed by atoms with Gasteiger partial charge in [0.25, 0.3) is 0 Å². The van der Waals surface area contributed by atoms with Crippen LogP contribution in [0.25, 0.3) is 10.9 Å². The topological polar surface area (TPSA) is 65.2 Å². The third-order valence-corrected chi connectivity index (χ3v) is 2.69. The minimum absolute atomic E-state index is 0.593. The number of aromatic nitrogens is 1. The minimum Gasteiger partial charge on any atom is -0.496 e. The number of aryl methyl sites for hydroxylation is 1. The summed E-state index contributed by atoms with van der Waals surface area (Å²) in [5, 5.41) is 0.948. The number of benzene rings is 1. The van der Waals surface area contributed by atoms with Crippen molar-refractivity contribution in [1.82, 2.24) is 4.98 Å². The molecule has 0 spiro atoms. The summed E-state index contributed by atoms with van der Waals surface area (Å²) in [5.74, 6) is 0.593. The number of aldehydes is 1. The summed E-state index contributed by atoms with van der Waals surface area (Å²) in [4.78, 5) is 15.2. The number of nitrogens with zero attached hydrogens (tertiary/aromatic N) is 1. The molecule has 0 saturated heterocycles. The molecule has 0 aliphatic carbocycles. The predicted octanol–water partition coefficient (Wildman–Crippen LogP) is 1.75. The summed E-state index contributed by atoms with van der Waals surface area (Å²) in [6, 6.07) is 6.86. The molecule has 1 aromatic carbocycles. The fourth-order valence-corrected chi connectivity index (χ4v) is 1.78. The molecule has 2 aromatic rings. The summed E-state index contributed by atoms with van der Waals surface area (Å²) in [6.45, 7) is 1.93. The normalized spacial score (nSPS) is 12.4. The maximum Gasteiger partial charge on any atom is 0.141 e. The summed E-state index contributed by atoms with van der Waals surface area (Å²) in [6.07, 6.45) is 0.700. The molecule has 0 aliphatic rings. The molecule has 0 aliphatic heterocycles. The number of pyridine rings is 1. The lowest BCUT2D eigenvalue weighted by Gasteiger charge is -2.12. The molecule has 2 N–H and O–H groups in total. The Kier molecular flexibility index (Phi) is 3.06. The van der Waals surface area contributed by atoms with E-state index < -0.39 is 6.04 Å². The second kappa shape index (κ2) is 4.51. The Labute approximate surface area is 99.4 Å².